The Morgan fingerprint density at radius 1 is 1.36 bits per heavy atom. The Morgan fingerprint density at radius 2 is 2.12 bits per heavy atom. The highest BCUT2D eigenvalue weighted by molar-refractivity contribution is 8.00. The third-order valence-corrected chi connectivity index (χ3v) is 5.18. The summed E-state index contributed by atoms with van der Waals surface area (Å²) in [6.45, 7) is 0. The van der Waals surface area contributed by atoms with E-state index in [1.54, 1.807) is 25.4 Å². The zero-order valence-electron chi connectivity index (χ0n) is 13.4. The van der Waals surface area contributed by atoms with Crippen LogP contribution in [0.2, 0.25) is 0 Å². The molecule has 25 heavy (non-hydrogen) atoms. The summed E-state index contributed by atoms with van der Waals surface area (Å²) in [7, 11) is 3.16. The third-order valence-electron chi connectivity index (χ3n) is 3.14. The predicted molar refractivity (Wildman–Crippen MR) is 93.6 cm³/mol. The average molecular weight is 379 g/mol. The minimum absolute atomic E-state index is 0.246. The highest BCUT2D eigenvalue weighted by atomic mass is 32.2. The van der Waals surface area contributed by atoms with Gasteiger partial charge in [-0.3, -0.25) is 14.8 Å². The molecule has 2 aromatic heterocycles. The zero-order valence-corrected chi connectivity index (χ0v) is 15.0. The minimum Gasteiger partial charge on any atom is -0.479 e. The van der Waals surface area contributed by atoms with Crippen LogP contribution < -0.4 is 10.1 Å². The number of halogens is 1. The Bertz CT molecular complexity index is 878. The van der Waals surface area contributed by atoms with Gasteiger partial charge in [-0.2, -0.15) is 0 Å². The van der Waals surface area contributed by atoms with Crippen LogP contribution in [0.5, 0.6) is 5.88 Å². The quantitative estimate of drug-likeness (QED) is 0.524. The summed E-state index contributed by atoms with van der Waals surface area (Å²) in [5, 5.41) is 15.1. The molecule has 10 heteroatoms. The van der Waals surface area contributed by atoms with Crippen molar-refractivity contribution in [3.8, 4) is 5.88 Å². The van der Waals surface area contributed by atoms with E-state index in [2.05, 4.69) is 20.6 Å². The number of methoxy groups -OCH3 is 1. The average Bonchev–Trinajstić information content (AvgIpc) is 3.20. The molecule has 2 heterocycles. The van der Waals surface area contributed by atoms with Crippen molar-refractivity contribution in [1.29, 1.82) is 0 Å². The smallest absolute Gasteiger partial charge is 0.264 e. The summed E-state index contributed by atoms with van der Waals surface area (Å²) >= 11 is 2.73. The number of ether oxygens (including phenoxy) is 1. The van der Waals surface area contributed by atoms with Crippen molar-refractivity contribution >= 4 is 34.1 Å². The maximum atomic E-state index is 12.9. The first-order valence-electron chi connectivity index (χ1n) is 7.15. The number of rotatable bonds is 6. The summed E-state index contributed by atoms with van der Waals surface area (Å²) in [6, 6.07) is 6.29. The van der Waals surface area contributed by atoms with Crippen LogP contribution in [0.4, 0.5) is 9.52 Å². The molecule has 0 aliphatic heterocycles. The summed E-state index contributed by atoms with van der Waals surface area (Å²) in [5.74, 6) is 0.256. The lowest BCUT2D eigenvalue weighted by molar-refractivity contribution is 0.102. The number of carbonyl (C=O) groups is 1. The highest BCUT2D eigenvalue weighted by Crippen LogP contribution is 2.29. The number of aryl methyl sites for hydroxylation is 1. The molecule has 0 saturated heterocycles. The van der Waals surface area contributed by atoms with Gasteiger partial charge in [0.15, 0.2) is 4.34 Å². The van der Waals surface area contributed by atoms with Crippen LogP contribution in [0.1, 0.15) is 15.9 Å². The molecule has 3 rings (SSSR count). The monoisotopic (exact) mass is 379 g/mol. The second kappa shape index (κ2) is 7.62. The maximum Gasteiger partial charge on any atom is 0.264 e. The number of nitrogens with zero attached hydrogens (tertiary/aromatic N) is 4. The van der Waals surface area contributed by atoms with Crippen LogP contribution >= 0.6 is 23.1 Å². The third kappa shape index (κ3) is 4.34. The molecule has 0 radical (unpaired) electrons. The van der Waals surface area contributed by atoms with E-state index in [1.165, 1.54) is 47.0 Å². The van der Waals surface area contributed by atoms with E-state index in [0.29, 0.717) is 20.8 Å². The van der Waals surface area contributed by atoms with Crippen LogP contribution in [0, 0.1) is 5.82 Å². The molecule has 0 unspecified atom stereocenters. The van der Waals surface area contributed by atoms with E-state index < -0.39 is 0 Å². The van der Waals surface area contributed by atoms with Crippen molar-refractivity contribution in [2.45, 2.75) is 10.1 Å². The lowest BCUT2D eigenvalue weighted by atomic mass is 10.2. The Labute approximate surface area is 151 Å². The van der Waals surface area contributed by atoms with Gasteiger partial charge < -0.3 is 4.74 Å². The molecule has 3 aromatic rings. The molecule has 0 aliphatic rings. The molecule has 0 spiro atoms. The Hall–Kier alpha value is -2.46. The van der Waals surface area contributed by atoms with E-state index in [4.69, 9.17) is 4.74 Å². The van der Waals surface area contributed by atoms with Gasteiger partial charge >= 0.3 is 0 Å². The van der Waals surface area contributed by atoms with Crippen molar-refractivity contribution < 1.29 is 13.9 Å². The topological polar surface area (TPSA) is 81.9 Å². The number of thioether (sulfide) groups is 1. The SMILES string of the molecule is COc1nn(C)cc1C(=O)Nc1nnc(SCc2ccc(F)cc2)s1. The van der Waals surface area contributed by atoms with E-state index in [0.717, 1.165) is 5.56 Å². The molecule has 1 aromatic carbocycles. The first kappa shape index (κ1) is 17.4. The molecule has 7 nitrogen and oxygen atoms in total. The number of carbonyl (C=O) groups excluding carboxylic acids is 1. The number of benzene rings is 1. The van der Waals surface area contributed by atoms with Crippen molar-refractivity contribution in [1.82, 2.24) is 20.0 Å². The van der Waals surface area contributed by atoms with Crippen LogP contribution in [0.15, 0.2) is 34.8 Å². The predicted octanol–water partition coefficient (Wildman–Crippen LogP) is 2.96. The van der Waals surface area contributed by atoms with Gasteiger partial charge in [0.1, 0.15) is 11.4 Å². The molecule has 0 atom stereocenters. The van der Waals surface area contributed by atoms with Crippen molar-refractivity contribution in [3.63, 3.8) is 0 Å². The molecule has 0 saturated carbocycles. The number of hydrogen-bond donors (Lipinski definition) is 1. The number of nitrogens with one attached hydrogen (secondary N) is 1. The largest absolute Gasteiger partial charge is 0.479 e. The van der Waals surface area contributed by atoms with Crippen LogP contribution in [-0.4, -0.2) is 33.0 Å². The highest BCUT2D eigenvalue weighted by Gasteiger charge is 2.18. The Morgan fingerprint density at radius 3 is 2.84 bits per heavy atom. The van der Waals surface area contributed by atoms with E-state index >= 15 is 0 Å². The number of amides is 1. The van der Waals surface area contributed by atoms with Gasteiger partial charge in [0.25, 0.3) is 5.91 Å². The molecule has 130 valence electrons. The zero-order chi connectivity index (χ0) is 17.8. The molecule has 1 amide bonds. The molecule has 0 fully saturated rings. The van der Waals surface area contributed by atoms with Gasteiger partial charge in [-0.1, -0.05) is 35.2 Å². The lowest BCUT2D eigenvalue weighted by Crippen LogP contribution is -2.12. The number of aromatic nitrogens is 4. The number of hydrogen-bond acceptors (Lipinski definition) is 7. The Balaban J connectivity index is 1.61. The second-order valence-corrected chi connectivity index (χ2v) is 7.17. The fourth-order valence-electron chi connectivity index (χ4n) is 1.98. The summed E-state index contributed by atoms with van der Waals surface area (Å²) in [4.78, 5) is 12.3. The molecular weight excluding hydrogens is 365 g/mol. The molecular formula is C15H14FN5O2S2. The number of anilines is 1. The Kier molecular flexibility index (Phi) is 5.29. The molecule has 0 aliphatic carbocycles. The van der Waals surface area contributed by atoms with Gasteiger partial charge in [0, 0.05) is 19.0 Å². The minimum atomic E-state index is -0.365. The van der Waals surface area contributed by atoms with Gasteiger partial charge in [-0.05, 0) is 17.7 Å². The van der Waals surface area contributed by atoms with E-state index in [1.807, 2.05) is 0 Å². The van der Waals surface area contributed by atoms with E-state index in [-0.39, 0.29) is 17.6 Å². The first-order chi connectivity index (χ1) is 12.0. The van der Waals surface area contributed by atoms with Crippen molar-refractivity contribution in [2.75, 3.05) is 12.4 Å². The summed E-state index contributed by atoms with van der Waals surface area (Å²) < 4.78 is 20.2. The van der Waals surface area contributed by atoms with Crippen LogP contribution in [-0.2, 0) is 12.8 Å². The molecule has 1 N–H and O–H groups in total. The first-order valence-corrected chi connectivity index (χ1v) is 8.95. The summed E-state index contributed by atoms with van der Waals surface area (Å²) in [5.41, 5.74) is 1.30. The summed E-state index contributed by atoms with van der Waals surface area (Å²) in [6.07, 6.45) is 1.57. The molecule has 0 bridgehead atoms. The van der Waals surface area contributed by atoms with Gasteiger partial charge in [0.05, 0.1) is 7.11 Å². The lowest BCUT2D eigenvalue weighted by Gasteiger charge is -2.00. The standard InChI is InChI=1S/C15H14FN5O2S2/c1-21-7-11(13(20-21)23-2)12(22)17-14-18-19-15(25-14)24-8-9-3-5-10(16)6-4-9/h3-7H,8H2,1-2H3,(H,17,18,22). The van der Waals surface area contributed by atoms with Crippen LogP contribution in [0.25, 0.3) is 0 Å². The van der Waals surface area contributed by atoms with E-state index in [9.17, 15) is 9.18 Å². The normalized spacial score (nSPS) is 10.7. The fourth-order valence-corrected chi connectivity index (χ4v) is 3.69. The van der Waals surface area contributed by atoms with Gasteiger partial charge in [-0.15, -0.1) is 15.3 Å². The second-order valence-electron chi connectivity index (χ2n) is 4.97. The van der Waals surface area contributed by atoms with Gasteiger partial charge in [0.2, 0.25) is 11.0 Å². The maximum absolute atomic E-state index is 12.9. The fraction of sp³-hybridized carbons (Fsp3) is 0.200. The van der Waals surface area contributed by atoms with Gasteiger partial charge in [-0.25, -0.2) is 4.39 Å². The van der Waals surface area contributed by atoms with Crippen molar-refractivity contribution in [2.24, 2.45) is 7.05 Å². The van der Waals surface area contributed by atoms with Crippen LogP contribution in [0.3, 0.4) is 0 Å². The van der Waals surface area contributed by atoms with Crippen molar-refractivity contribution in [3.05, 3.63) is 47.4 Å².